The first-order valence-electron chi connectivity index (χ1n) is 10.4. The van der Waals surface area contributed by atoms with Crippen LogP contribution < -0.4 is 9.64 Å². The second-order valence-electron chi connectivity index (χ2n) is 7.23. The number of amides is 1. The standard InChI is InChI=1S/C23H25N3O3S2/c1-3-25(4-2)12-8-13-26(22(28)19-11-7-14-30-19)23-24-17(15-31-23)21-20(27)16-9-5-6-10-18(16)29-21/h5-7,9-11,14-15,21H,3-4,8,12-13H2,1-2H3. The molecule has 0 N–H and O–H groups in total. The van der Waals surface area contributed by atoms with Gasteiger partial charge in [0.2, 0.25) is 11.9 Å². The van der Waals surface area contributed by atoms with Gasteiger partial charge in [-0.2, -0.15) is 0 Å². The number of aromatic nitrogens is 1. The van der Waals surface area contributed by atoms with Crippen molar-refractivity contribution in [3.8, 4) is 5.75 Å². The number of hydrogen-bond donors (Lipinski definition) is 0. The maximum atomic E-state index is 13.2. The lowest BCUT2D eigenvalue weighted by Gasteiger charge is -2.22. The number of thiazole rings is 1. The van der Waals surface area contributed by atoms with Crippen molar-refractivity contribution in [1.29, 1.82) is 0 Å². The van der Waals surface area contributed by atoms with Gasteiger partial charge >= 0.3 is 0 Å². The lowest BCUT2D eigenvalue weighted by Crippen LogP contribution is -2.34. The van der Waals surface area contributed by atoms with Crippen LogP contribution in [0.5, 0.6) is 5.75 Å². The first-order valence-corrected chi connectivity index (χ1v) is 12.2. The molecule has 162 valence electrons. The molecule has 3 aromatic rings. The predicted molar refractivity (Wildman–Crippen MR) is 125 cm³/mol. The molecule has 0 spiro atoms. The quantitative estimate of drug-likeness (QED) is 0.459. The summed E-state index contributed by atoms with van der Waals surface area (Å²) < 4.78 is 5.86. The number of ketones is 1. The number of fused-ring (bicyclic) bond motifs is 1. The van der Waals surface area contributed by atoms with Gasteiger partial charge in [0.1, 0.15) is 11.4 Å². The molecule has 1 aromatic carbocycles. The Hall–Kier alpha value is -2.55. The van der Waals surface area contributed by atoms with E-state index in [1.165, 1.54) is 22.7 Å². The Morgan fingerprint density at radius 1 is 1.10 bits per heavy atom. The highest BCUT2D eigenvalue weighted by Gasteiger charge is 2.35. The summed E-state index contributed by atoms with van der Waals surface area (Å²) in [5, 5.41) is 4.32. The van der Waals surface area contributed by atoms with Crippen LogP contribution in [0, 0.1) is 0 Å². The van der Waals surface area contributed by atoms with Crippen LogP contribution in [0.25, 0.3) is 0 Å². The van der Waals surface area contributed by atoms with Crippen molar-refractivity contribution in [2.45, 2.75) is 26.4 Å². The molecule has 0 radical (unpaired) electrons. The Balaban J connectivity index is 1.54. The van der Waals surface area contributed by atoms with Gasteiger partial charge < -0.3 is 9.64 Å². The Morgan fingerprint density at radius 3 is 2.61 bits per heavy atom. The van der Waals surface area contributed by atoms with E-state index in [0.29, 0.717) is 33.6 Å². The van der Waals surface area contributed by atoms with Crippen molar-refractivity contribution >= 4 is 39.5 Å². The van der Waals surface area contributed by atoms with Gasteiger partial charge in [-0.15, -0.1) is 22.7 Å². The Morgan fingerprint density at radius 2 is 1.90 bits per heavy atom. The summed E-state index contributed by atoms with van der Waals surface area (Å²) in [6, 6.07) is 10.9. The minimum Gasteiger partial charge on any atom is -0.475 e. The van der Waals surface area contributed by atoms with E-state index in [4.69, 9.17) is 4.74 Å². The van der Waals surface area contributed by atoms with Gasteiger partial charge in [-0.3, -0.25) is 14.5 Å². The number of thiophene rings is 1. The average Bonchev–Trinajstić information content (AvgIpc) is 3.54. The molecule has 2 aromatic heterocycles. The SMILES string of the molecule is CCN(CC)CCCN(C(=O)c1cccs1)c1nc(C2Oc3ccccc3C2=O)cs1. The van der Waals surface area contributed by atoms with Gasteiger partial charge in [-0.25, -0.2) is 4.98 Å². The summed E-state index contributed by atoms with van der Waals surface area (Å²) >= 11 is 2.80. The van der Waals surface area contributed by atoms with Crippen molar-refractivity contribution < 1.29 is 14.3 Å². The molecule has 0 saturated heterocycles. The highest BCUT2D eigenvalue weighted by Crippen LogP contribution is 2.38. The number of ether oxygens (including phenoxy) is 1. The van der Waals surface area contributed by atoms with Gasteiger partial charge in [0.25, 0.3) is 5.91 Å². The molecule has 8 heteroatoms. The lowest BCUT2D eigenvalue weighted by atomic mass is 10.1. The summed E-state index contributed by atoms with van der Waals surface area (Å²) in [5.74, 6) is 0.431. The molecule has 1 unspecified atom stereocenters. The normalized spacial score (nSPS) is 15.2. The number of benzene rings is 1. The van der Waals surface area contributed by atoms with Crippen LogP contribution in [0.15, 0.2) is 47.2 Å². The molecule has 6 nitrogen and oxygen atoms in total. The third kappa shape index (κ3) is 4.56. The predicted octanol–water partition coefficient (Wildman–Crippen LogP) is 4.90. The van der Waals surface area contributed by atoms with E-state index in [2.05, 4.69) is 23.7 Å². The topological polar surface area (TPSA) is 62.7 Å². The Kier molecular flexibility index (Phi) is 6.80. The molecule has 0 fully saturated rings. The average molecular weight is 456 g/mol. The zero-order valence-corrected chi connectivity index (χ0v) is 19.2. The number of hydrogen-bond acceptors (Lipinski definition) is 7. The van der Waals surface area contributed by atoms with E-state index in [1.54, 1.807) is 17.0 Å². The van der Waals surface area contributed by atoms with Gasteiger partial charge in [0.15, 0.2) is 5.13 Å². The van der Waals surface area contributed by atoms with Crippen molar-refractivity contribution in [1.82, 2.24) is 9.88 Å². The van der Waals surface area contributed by atoms with E-state index in [9.17, 15) is 9.59 Å². The molecular formula is C23H25N3O3S2. The maximum absolute atomic E-state index is 13.2. The number of nitrogens with zero attached hydrogens (tertiary/aromatic N) is 3. The minimum atomic E-state index is -0.753. The fourth-order valence-electron chi connectivity index (χ4n) is 3.62. The summed E-state index contributed by atoms with van der Waals surface area (Å²) in [4.78, 5) is 35.4. The summed E-state index contributed by atoms with van der Waals surface area (Å²) in [7, 11) is 0. The molecule has 1 atom stereocenters. The number of carbonyl (C=O) groups excluding carboxylic acids is 2. The van der Waals surface area contributed by atoms with E-state index in [0.717, 1.165) is 26.1 Å². The maximum Gasteiger partial charge on any atom is 0.270 e. The van der Waals surface area contributed by atoms with Crippen molar-refractivity contribution in [3.63, 3.8) is 0 Å². The van der Waals surface area contributed by atoms with Crippen LogP contribution >= 0.6 is 22.7 Å². The number of carbonyl (C=O) groups is 2. The molecular weight excluding hydrogens is 430 g/mol. The van der Waals surface area contributed by atoms with Crippen LogP contribution in [0.3, 0.4) is 0 Å². The zero-order valence-electron chi connectivity index (χ0n) is 17.6. The van der Waals surface area contributed by atoms with E-state index >= 15 is 0 Å². The van der Waals surface area contributed by atoms with Gasteiger partial charge in [-0.05, 0) is 49.6 Å². The van der Waals surface area contributed by atoms with Gasteiger partial charge in [-0.1, -0.05) is 32.0 Å². The highest BCUT2D eigenvalue weighted by atomic mass is 32.1. The molecule has 0 saturated carbocycles. The summed E-state index contributed by atoms with van der Waals surface area (Å²) in [6.45, 7) is 7.74. The van der Waals surface area contributed by atoms with Crippen LogP contribution in [0.4, 0.5) is 5.13 Å². The molecule has 0 bridgehead atoms. The zero-order chi connectivity index (χ0) is 21.8. The van der Waals surface area contributed by atoms with E-state index < -0.39 is 6.10 Å². The largest absolute Gasteiger partial charge is 0.475 e. The first-order chi connectivity index (χ1) is 15.1. The smallest absolute Gasteiger partial charge is 0.270 e. The lowest BCUT2D eigenvalue weighted by molar-refractivity contribution is 0.0854. The number of rotatable bonds is 9. The fourth-order valence-corrected chi connectivity index (χ4v) is 5.15. The van der Waals surface area contributed by atoms with Crippen LogP contribution in [0.2, 0.25) is 0 Å². The van der Waals surface area contributed by atoms with Gasteiger partial charge in [0, 0.05) is 11.9 Å². The molecule has 1 amide bonds. The molecule has 3 heterocycles. The Bertz CT molecular complexity index is 1040. The fraction of sp³-hybridized carbons (Fsp3) is 0.348. The van der Waals surface area contributed by atoms with Crippen LogP contribution in [-0.2, 0) is 0 Å². The van der Waals surface area contributed by atoms with Crippen LogP contribution in [0.1, 0.15) is 52.1 Å². The first kappa shape index (κ1) is 21.7. The molecule has 31 heavy (non-hydrogen) atoms. The molecule has 4 rings (SSSR count). The highest BCUT2D eigenvalue weighted by molar-refractivity contribution is 7.14. The third-order valence-corrected chi connectivity index (χ3v) is 7.11. The van der Waals surface area contributed by atoms with E-state index in [1.807, 2.05) is 35.0 Å². The van der Waals surface area contributed by atoms with Crippen molar-refractivity contribution in [3.05, 3.63) is 63.3 Å². The monoisotopic (exact) mass is 455 g/mol. The number of anilines is 1. The second kappa shape index (κ2) is 9.72. The third-order valence-electron chi connectivity index (χ3n) is 5.37. The van der Waals surface area contributed by atoms with Gasteiger partial charge in [0.05, 0.1) is 10.4 Å². The Labute approximate surface area is 190 Å². The minimum absolute atomic E-state index is 0.0580. The summed E-state index contributed by atoms with van der Waals surface area (Å²) in [6.07, 6.45) is 0.0923. The van der Waals surface area contributed by atoms with E-state index in [-0.39, 0.29) is 11.7 Å². The molecule has 1 aliphatic rings. The molecule has 0 aliphatic carbocycles. The number of Topliss-reactive ketones (excluding diaryl/α,β-unsaturated/α-hetero) is 1. The van der Waals surface area contributed by atoms with Crippen molar-refractivity contribution in [2.24, 2.45) is 0 Å². The second-order valence-corrected chi connectivity index (χ2v) is 9.01. The molecule has 1 aliphatic heterocycles. The summed E-state index contributed by atoms with van der Waals surface area (Å²) in [5.41, 5.74) is 1.13. The van der Waals surface area contributed by atoms with Crippen molar-refractivity contribution in [2.75, 3.05) is 31.1 Å². The van der Waals surface area contributed by atoms with Crippen LogP contribution in [-0.4, -0.2) is 47.8 Å². The number of para-hydroxylation sites is 1.